The smallest absolute Gasteiger partial charge is 0.157 e. The van der Waals surface area contributed by atoms with E-state index >= 15 is 0 Å². The van der Waals surface area contributed by atoms with Gasteiger partial charge >= 0.3 is 0 Å². The number of benzene rings is 1. The number of phenols is 1. The van der Waals surface area contributed by atoms with Crippen molar-refractivity contribution in [2.24, 2.45) is 5.92 Å². The van der Waals surface area contributed by atoms with Gasteiger partial charge in [0.25, 0.3) is 0 Å². The Morgan fingerprint density at radius 3 is 2.88 bits per heavy atom. The topological polar surface area (TPSA) is 59.0 Å². The first-order chi connectivity index (χ1) is 12.6. The zero-order valence-corrected chi connectivity index (χ0v) is 15.9. The molecule has 0 spiro atoms. The Hall–Kier alpha value is -1.59. The molecular formula is C21H31NO4. The van der Waals surface area contributed by atoms with E-state index in [-0.39, 0.29) is 17.4 Å². The maximum absolute atomic E-state index is 11.3. The van der Waals surface area contributed by atoms with Gasteiger partial charge < -0.3 is 14.6 Å². The molecule has 1 saturated heterocycles. The van der Waals surface area contributed by atoms with Gasteiger partial charge in [0.2, 0.25) is 0 Å². The Kier molecular flexibility index (Phi) is 6.54. The molecule has 26 heavy (non-hydrogen) atoms. The molecule has 2 fully saturated rings. The van der Waals surface area contributed by atoms with Gasteiger partial charge in [-0.2, -0.15) is 0 Å². The number of hydrogen-bond acceptors (Lipinski definition) is 5. The Balaban J connectivity index is 1.68. The highest BCUT2D eigenvalue weighted by atomic mass is 16.5. The molecule has 1 aliphatic heterocycles. The first-order valence-corrected chi connectivity index (χ1v) is 9.91. The minimum Gasteiger partial charge on any atom is -0.507 e. The molecule has 5 nitrogen and oxygen atoms in total. The van der Waals surface area contributed by atoms with Crippen molar-refractivity contribution in [3.8, 4) is 11.5 Å². The van der Waals surface area contributed by atoms with Gasteiger partial charge in [-0.3, -0.25) is 9.69 Å². The molecule has 3 rings (SSSR count). The van der Waals surface area contributed by atoms with E-state index in [9.17, 15) is 9.90 Å². The molecule has 0 bridgehead atoms. The Labute approximate surface area is 156 Å². The molecule has 1 N–H and O–H groups in total. The van der Waals surface area contributed by atoms with E-state index in [0.717, 1.165) is 25.9 Å². The highest BCUT2D eigenvalue weighted by Crippen LogP contribution is 2.33. The van der Waals surface area contributed by atoms with Crippen LogP contribution in [-0.4, -0.2) is 54.2 Å². The number of aromatic hydroxyl groups is 1. The lowest BCUT2D eigenvalue weighted by Crippen LogP contribution is -2.54. The van der Waals surface area contributed by atoms with E-state index in [2.05, 4.69) is 18.7 Å². The third-order valence-corrected chi connectivity index (χ3v) is 5.76. The van der Waals surface area contributed by atoms with E-state index in [4.69, 9.17) is 9.47 Å². The summed E-state index contributed by atoms with van der Waals surface area (Å²) in [6, 6.07) is 5.48. The lowest BCUT2D eigenvalue weighted by molar-refractivity contribution is -0.102. The standard InChI is InChI=1S/C21H31NO4/c1-3-17-12-22(11-15(2)26-17)19-8-5-4-7-16(19)14-25-21-10-6-9-20(24)18(21)13-23/h6,9-10,13,15-17,19,24H,3-5,7-8,11-12,14H2,1-2H3. The van der Waals surface area contributed by atoms with E-state index in [1.165, 1.54) is 25.3 Å². The Morgan fingerprint density at radius 1 is 1.31 bits per heavy atom. The molecule has 0 aromatic heterocycles. The number of carbonyl (C=O) groups excluding carboxylic acids is 1. The number of nitrogens with zero attached hydrogens (tertiary/aromatic N) is 1. The number of rotatable bonds is 6. The van der Waals surface area contributed by atoms with E-state index in [1.807, 2.05) is 0 Å². The van der Waals surface area contributed by atoms with E-state index < -0.39 is 0 Å². The van der Waals surface area contributed by atoms with Crippen LogP contribution in [-0.2, 0) is 4.74 Å². The van der Waals surface area contributed by atoms with Crippen molar-refractivity contribution in [1.82, 2.24) is 4.90 Å². The summed E-state index contributed by atoms with van der Waals surface area (Å²) < 4.78 is 12.0. The number of morpholine rings is 1. The van der Waals surface area contributed by atoms with Crippen LogP contribution in [0.15, 0.2) is 18.2 Å². The number of ether oxygens (including phenoxy) is 2. The summed E-state index contributed by atoms with van der Waals surface area (Å²) in [7, 11) is 0. The molecule has 1 aromatic carbocycles. The average molecular weight is 361 g/mol. The third-order valence-electron chi connectivity index (χ3n) is 5.76. The van der Waals surface area contributed by atoms with E-state index in [0.29, 0.717) is 36.7 Å². The van der Waals surface area contributed by atoms with Crippen LogP contribution in [0.25, 0.3) is 0 Å². The van der Waals surface area contributed by atoms with Gasteiger partial charge in [0.1, 0.15) is 11.5 Å². The van der Waals surface area contributed by atoms with Crippen LogP contribution in [0, 0.1) is 5.92 Å². The number of phenolic OH excluding ortho intramolecular Hbond substituents is 1. The second kappa shape index (κ2) is 8.87. The molecule has 1 aliphatic carbocycles. The average Bonchev–Trinajstić information content (AvgIpc) is 2.66. The summed E-state index contributed by atoms with van der Waals surface area (Å²) in [5, 5.41) is 9.84. The molecule has 5 heteroatoms. The second-order valence-electron chi connectivity index (χ2n) is 7.66. The van der Waals surface area contributed by atoms with Crippen LogP contribution in [0.2, 0.25) is 0 Å². The summed E-state index contributed by atoms with van der Waals surface area (Å²) in [5.74, 6) is 0.894. The van der Waals surface area contributed by atoms with Crippen LogP contribution in [0.1, 0.15) is 56.3 Å². The van der Waals surface area contributed by atoms with Crippen molar-refractivity contribution in [1.29, 1.82) is 0 Å². The molecular weight excluding hydrogens is 330 g/mol. The summed E-state index contributed by atoms with van der Waals surface area (Å²) in [6.45, 7) is 6.89. The van der Waals surface area contributed by atoms with Crippen molar-refractivity contribution < 1.29 is 19.4 Å². The molecule has 2 aliphatic rings. The van der Waals surface area contributed by atoms with Crippen molar-refractivity contribution in [2.45, 2.75) is 64.2 Å². The fourth-order valence-electron chi connectivity index (χ4n) is 4.41. The Bertz CT molecular complexity index is 606. The summed E-state index contributed by atoms with van der Waals surface area (Å²) in [6.07, 6.45) is 7.11. The molecule has 144 valence electrons. The van der Waals surface area contributed by atoms with Gasteiger partial charge in [-0.05, 0) is 38.3 Å². The van der Waals surface area contributed by atoms with Gasteiger partial charge in [-0.1, -0.05) is 25.8 Å². The van der Waals surface area contributed by atoms with Crippen LogP contribution in [0.5, 0.6) is 11.5 Å². The van der Waals surface area contributed by atoms with Crippen LogP contribution in [0.4, 0.5) is 0 Å². The maximum atomic E-state index is 11.3. The minimum absolute atomic E-state index is 0.0227. The summed E-state index contributed by atoms with van der Waals surface area (Å²) in [5.41, 5.74) is 0.242. The van der Waals surface area contributed by atoms with Crippen LogP contribution in [0.3, 0.4) is 0 Å². The lowest BCUT2D eigenvalue weighted by Gasteiger charge is -2.45. The second-order valence-corrected chi connectivity index (χ2v) is 7.66. The number of aldehydes is 1. The first kappa shape index (κ1) is 19.2. The number of carbonyl (C=O) groups is 1. The predicted octanol–water partition coefficient (Wildman–Crippen LogP) is 3.64. The first-order valence-electron chi connectivity index (χ1n) is 9.91. The molecule has 1 heterocycles. The molecule has 4 unspecified atom stereocenters. The fourth-order valence-corrected chi connectivity index (χ4v) is 4.41. The largest absolute Gasteiger partial charge is 0.507 e. The maximum Gasteiger partial charge on any atom is 0.157 e. The quantitative estimate of drug-likeness (QED) is 0.784. The lowest BCUT2D eigenvalue weighted by atomic mass is 9.83. The van der Waals surface area contributed by atoms with Crippen LogP contribution >= 0.6 is 0 Å². The third kappa shape index (κ3) is 4.38. The molecule has 1 saturated carbocycles. The minimum atomic E-state index is -0.0227. The van der Waals surface area contributed by atoms with Gasteiger partial charge in [0.15, 0.2) is 6.29 Å². The van der Waals surface area contributed by atoms with Gasteiger partial charge in [-0.25, -0.2) is 0 Å². The normalized spacial score (nSPS) is 30.1. The zero-order valence-electron chi connectivity index (χ0n) is 15.9. The van der Waals surface area contributed by atoms with Crippen molar-refractivity contribution in [3.63, 3.8) is 0 Å². The predicted molar refractivity (Wildman–Crippen MR) is 101 cm³/mol. The van der Waals surface area contributed by atoms with Gasteiger partial charge in [0, 0.05) is 25.0 Å². The monoisotopic (exact) mass is 361 g/mol. The SMILES string of the molecule is CCC1CN(C2CCCCC2COc2cccc(O)c2C=O)CC(C)O1. The van der Waals surface area contributed by atoms with Crippen molar-refractivity contribution >= 4 is 6.29 Å². The Morgan fingerprint density at radius 2 is 2.12 bits per heavy atom. The fraction of sp³-hybridized carbons (Fsp3) is 0.667. The molecule has 4 atom stereocenters. The number of hydrogen-bond donors (Lipinski definition) is 1. The molecule has 0 radical (unpaired) electrons. The van der Waals surface area contributed by atoms with E-state index in [1.54, 1.807) is 12.1 Å². The summed E-state index contributed by atoms with van der Waals surface area (Å²) >= 11 is 0. The summed E-state index contributed by atoms with van der Waals surface area (Å²) in [4.78, 5) is 13.8. The highest BCUT2D eigenvalue weighted by Gasteiger charge is 2.35. The molecule has 1 aromatic rings. The van der Waals surface area contributed by atoms with Crippen molar-refractivity contribution in [2.75, 3.05) is 19.7 Å². The van der Waals surface area contributed by atoms with Crippen LogP contribution < -0.4 is 4.74 Å². The van der Waals surface area contributed by atoms with Gasteiger partial charge in [0.05, 0.1) is 24.4 Å². The van der Waals surface area contributed by atoms with Crippen molar-refractivity contribution in [3.05, 3.63) is 23.8 Å². The molecule has 0 amide bonds. The zero-order chi connectivity index (χ0) is 18.5. The highest BCUT2D eigenvalue weighted by molar-refractivity contribution is 5.83. The van der Waals surface area contributed by atoms with Gasteiger partial charge in [-0.15, -0.1) is 0 Å².